The van der Waals surface area contributed by atoms with Crippen LogP contribution in [-0.2, 0) is 0 Å². The van der Waals surface area contributed by atoms with E-state index in [2.05, 4.69) is 5.10 Å². The molecular formula is C17H15N3O2. The lowest BCUT2D eigenvalue weighted by molar-refractivity contribution is 0.0926. The topological polar surface area (TPSA) is 53.0 Å². The van der Waals surface area contributed by atoms with Gasteiger partial charge in [-0.2, -0.15) is 5.10 Å². The molecule has 5 nitrogen and oxygen atoms in total. The molecule has 0 bridgehead atoms. The summed E-state index contributed by atoms with van der Waals surface area (Å²) < 4.78 is 0. The molecule has 0 saturated heterocycles. The smallest absolute Gasteiger partial charge is 0.266 e. The van der Waals surface area contributed by atoms with Crippen LogP contribution in [0.3, 0.4) is 0 Å². The Balaban J connectivity index is 2.08. The first-order chi connectivity index (χ1) is 10.6. The van der Waals surface area contributed by atoms with Crippen molar-refractivity contribution < 1.29 is 9.59 Å². The van der Waals surface area contributed by atoms with Gasteiger partial charge in [0.1, 0.15) is 0 Å². The molecule has 0 fully saturated rings. The van der Waals surface area contributed by atoms with Crippen molar-refractivity contribution in [2.75, 3.05) is 19.0 Å². The summed E-state index contributed by atoms with van der Waals surface area (Å²) in [4.78, 5) is 26.5. The minimum Gasteiger partial charge on any atom is -0.303 e. The number of amides is 2. The third-order valence-electron chi connectivity index (χ3n) is 3.39. The predicted octanol–water partition coefficient (Wildman–Crippen LogP) is 2.38. The van der Waals surface area contributed by atoms with Gasteiger partial charge in [0.2, 0.25) is 0 Å². The van der Waals surface area contributed by atoms with Gasteiger partial charge in [-0.05, 0) is 18.2 Å². The second-order valence-electron chi connectivity index (χ2n) is 5.14. The summed E-state index contributed by atoms with van der Waals surface area (Å²) in [6.45, 7) is 0. The quantitative estimate of drug-likeness (QED) is 0.496. The first-order valence-electron chi connectivity index (χ1n) is 6.88. The average molecular weight is 293 g/mol. The zero-order chi connectivity index (χ0) is 15.7. The molecule has 0 saturated carbocycles. The van der Waals surface area contributed by atoms with Crippen molar-refractivity contribution in [1.82, 2.24) is 5.01 Å². The van der Waals surface area contributed by atoms with Crippen molar-refractivity contribution in [3.63, 3.8) is 0 Å². The minimum absolute atomic E-state index is 0.300. The molecule has 0 aliphatic carbocycles. The van der Waals surface area contributed by atoms with E-state index >= 15 is 0 Å². The summed E-state index contributed by atoms with van der Waals surface area (Å²) in [5.74, 6) is -0.613. The van der Waals surface area contributed by atoms with Crippen LogP contribution in [0.25, 0.3) is 0 Å². The highest BCUT2D eigenvalue weighted by atomic mass is 16.2. The van der Waals surface area contributed by atoms with Gasteiger partial charge in [-0.25, -0.2) is 4.90 Å². The number of carbonyl (C=O) groups is 2. The van der Waals surface area contributed by atoms with Gasteiger partial charge in [0.15, 0.2) is 0 Å². The first kappa shape index (κ1) is 14.0. The van der Waals surface area contributed by atoms with Crippen LogP contribution in [0.15, 0.2) is 53.6 Å². The SMILES string of the molecule is CN(C)/N=C/c1cccc2c1C(=O)N(c1ccccc1)C2=O. The van der Waals surface area contributed by atoms with E-state index in [4.69, 9.17) is 0 Å². The fourth-order valence-electron chi connectivity index (χ4n) is 2.41. The number of hydrazone groups is 1. The van der Waals surface area contributed by atoms with Crippen LogP contribution in [0, 0.1) is 0 Å². The van der Waals surface area contributed by atoms with E-state index in [1.165, 1.54) is 4.90 Å². The molecule has 0 aromatic heterocycles. The molecule has 3 rings (SSSR count). The van der Waals surface area contributed by atoms with Crippen molar-refractivity contribution >= 4 is 23.7 Å². The van der Waals surface area contributed by atoms with Gasteiger partial charge in [0.05, 0.1) is 23.0 Å². The Morgan fingerprint density at radius 2 is 1.68 bits per heavy atom. The fourth-order valence-corrected chi connectivity index (χ4v) is 2.41. The van der Waals surface area contributed by atoms with Gasteiger partial charge in [-0.15, -0.1) is 0 Å². The number of carbonyl (C=O) groups excluding carboxylic acids is 2. The monoisotopic (exact) mass is 293 g/mol. The number of benzene rings is 2. The molecule has 0 atom stereocenters. The molecule has 0 spiro atoms. The van der Waals surface area contributed by atoms with Crippen LogP contribution < -0.4 is 4.90 Å². The Bertz CT molecular complexity index is 767. The highest BCUT2D eigenvalue weighted by Crippen LogP contribution is 2.29. The maximum Gasteiger partial charge on any atom is 0.266 e. The van der Waals surface area contributed by atoms with E-state index in [0.29, 0.717) is 22.4 Å². The van der Waals surface area contributed by atoms with E-state index in [1.807, 2.05) is 6.07 Å². The Morgan fingerprint density at radius 3 is 2.36 bits per heavy atom. The van der Waals surface area contributed by atoms with E-state index in [0.717, 1.165) is 0 Å². The van der Waals surface area contributed by atoms with Crippen LogP contribution in [-0.4, -0.2) is 37.1 Å². The second-order valence-corrected chi connectivity index (χ2v) is 5.14. The van der Waals surface area contributed by atoms with Gasteiger partial charge < -0.3 is 5.01 Å². The van der Waals surface area contributed by atoms with Crippen molar-refractivity contribution in [3.8, 4) is 0 Å². The van der Waals surface area contributed by atoms with Crippen LogP contribution in [0.4, 0.5) is 5.69 Å². The molecular weight excluding hydrogens is 278 g/mol. The summed E-state index contributed by atoms with van der Waals surface area (Å²) in [5.41, 5.74) is 2.03. The fraction of sp³-hybridized carbons (Fsp3) is 0.118. The number of nitrogens with zero attached hydrogens (tertiary/aromatic N) is 3. The predicted molar refractivity (Wildman–Crippen MR) is 85.3 cm³/mol. The van der Waals surface area contributed by atoms with Crippen LogP contribution in [0.5, 0.6) is 0 Å². The molecule has 110 valence electrons. The molecule has 1 heterocycles. The second kappa shape index (κ2) is 5.44. The van der Waals surface area contributed by atoms with E-state index in [1.54, 1.807) is 67.8 Å². The highest BCUT2D eigenvalue weighted by molar-refractivity contribution is 6.35. The Kier molecular flexibility index (Phi) is 3.47. The van der Waals surface area contributed by atoms with Gasteiger partial charge in [-0.3, -0.25) is 9.59 Å². The number of hydrogen-bond donors (Lipinski definition) is 0. The molecule has 22 heavy (non-hydrogen) atoms. The summed E-state index contributed by atoms with van der Waals surface area (Å²) in [6.07, 6.45) is 1.60. The molecule has 1 aliphatic heterocycles. The molecule has 0 unspecified atom stereocenters. The standard InChI is InChI=1S/C17H15N3O2/c1-19(2)18-11-12-7-6-10-14-15(12)17(22)20(16(14)21)13-8-4-3-5-9-13/h3-11H,1-2H3/b18-11+. The van der Waals surface area contributed by atoms with Crippen molar-refractivity contribution in [3.05, 3.63) is 65.2 Å². The Labute approximate surface area is 128 Å². The van der Waals surface area contributed by atoms with E-state index < -0.39 is 0 Å². The minimum atomic E-state index is -0.313. The molecule has 5 heteroatoms. The summed E-state index contributed by atoms with van der Waals surface area (Å²) in [6, 6.07) is 14.1. The summed E-state index contributed by atoms with van der Waals surface area (Å²) in [7, 11) is 3.59. The number of fused-ring (bicyclic) bond motifs is 1. The van der Waals surface area contributed by atoms with E-state index in [9.17, 15) is 9.59 Å². The highest BCUT2D eigenvalue weighted by Gasteiger charge is 2.37. The van der Waals surface area contributed by atoms with Crippen molar-refractivity contribution in [2.24, 2.45) is 5.10 Å². The maximum atomic E-state index is 12.7. The van der Waals surface area contributed by atoms with Gasteiger partial charge in [-0.1, -0.05) is 30.3 Å². The lowest BCUT2D eigenvalue weighted by atomic mass is 10.0. The van der Waals surface area contributed by atoms with Crippen LogP contribution in [0.1, 0.15) is 26.3 Å². The molecule has 0 N–H and O–H groups in total. The molecule has 2 amide bonds. The zero-order valence-electron chi connectivity index (χ0n) is 12.4. The Morgan fingerprint density at radius 1 is 0.955 bits per heavy atom. The maximum absolute atomic E-state index is 12.7. The van der Waals surface area contributed by atoms with E-state index in [-0.39, 0.29) is 11.8 Å². The molecule has 2 aromatic carbocycles. The molecule has 2 aromatic rings. The van der Waals surface area contributed by atoms with Gasteiger partial charge in [0.25, 0.3) is 11.8 Å². The third kappa shape index (κ3) is 2.26. The molecule has 0 radical (unpaired) electrons. The number of hydrogen-bond acceptors (Lipinski definition) is 4. The van der Waals surface area contributed by atoms with Crippen LogP contribution in [0.2, 0.25) is 0 Å². The lowest BCUT2D eigenvalue weighted by Gasteiger charge is -2.13. The average Bonchev–Trinajstić information content (AvgIpc) is 2.78. The summed E-state index contributed by atoms with van der Waals surface area (Å²) in [5, 5.41) is 5.79. The zero-order valence-corrected chi connectivity index (χ0v) is 12.4. The lowest BCUT2D eigenvalue weighted by Crippen LogP contribution is -2.29. The first-order valence-corrected chi connectivity index (χ1v) is 6.88. The van der Waals surface area contributed by atoms with Gasteiger partial charge >= 0.3 is 0 Å². The third-order valence-corrected chi connectivity index (χ3v) is 3.39. The van der Waals surface area contributed by atoms with Crippen molar-refractivity contribution in [2.45, 2.75) is 0 Å². The number of anilines is 1. The molecule has 1 aliphatic rings. The Hall–Kier alpha value is -2.95. The van der Waals surface area contributed by atoms with Crippen LogP contribution >= 0.6 is 0 Å². The van der Waals surface area contributed by atoms with Gasteiger partial charge in [0, 0.05) is 19.7 Å². The summed E-state index contributed by atoms with van der Waals surface area (Å²) >= 11 is 0. The largest absolute Gasteiger partial charge is 0.303 e. The number of rotatable bonds is 3. The normalized spacial score (nSPS) is 13.8. The number of para-hydroxylation sites is 1. The number of imide groups is 1. The van der Waals surface area contributed by atoms with Crippen molar-refractivity contribution in [1.29, 1.82) is 0 Å².